The molecule has 2 unspecified atom stereocenters. The first kappa shape index (κ1) is 16.1. The van der Waals surface area contributed by atoms with Crippen LogP contribution in [0.15, 0.2) is 0 Å². The van der Waals surface area contributed by atoms with Crippen LogP contribution in [0, 0.1) is 5.41 Å². The molecular formula is C14H27N3O2. The number of carbonyl (C=O) groups is 2. The van der Waals surface area contributed by atoms with Gasteiger partial charge < -0.3 is 5.73 Å². The van der Waals surface area contributed by atoms with Crippen molar-refractivity contribution < 1.29 is 9.59 Å². The third-order valence-electron chi connectivity index (χ3n) is 3.94. The molecule has 1 aliphatic heterocycles. The molecule has 110 valence electrons. The van der Waals surface area contributed by atoms with E-state index in [9.17, 15) is 9.59 Å². The summed E-state index contributed by atoms with van der Waals surface area (Å²) in [5, 5.41) is 2.40. The first-order valence-corrected chi connectivity index (χ1v) is 6.88. The maximum absolute atomic E-state index is 12.1. The molecule has 0 aromatic carbocycles. The SMILES string of the molecule is CCC(N)C(N1CC(=O)NC(=O)C1(C)C)C(C)(C)C. The minimum Gasteiger partial charge on any atom is -0.326 e. The van der Waals surface area contributed by atoms with Gasteiger partial charge in [0, 0.05) is 12.1 Å². The summed E-state index contributed by atoms with van der Waals surface area (Å²) in [5.74, 6) is -0.497. The van der Waals surface area contributed by atoms with Gasteiger partial charge in [0.1, 0.15) is 0 Å². The van der Waals surface area contributed by atoms with Crippen LogP contribution in [0.4, 0.5) is 0 Å². The smallest absolute Gasteiger partial charge is 0.246 e. The molecular weight excluding hydrogens is 242 g/mol. The van der Waals surface area contributed by atoms with E-state index in [0.717, 1.165) is 6.42 Å². The number of imide groups is 1. The fourth-order valence-corrected chi connectivity index (χ4v) is 2.81. The molecule has 0 saturated carbocycles. The van der Waals surface area contributed by atoms with Gasteiger partial charge in [0.15, 0.2) is 0 Å². The molecule has 1 aliphatic rings. The van der Waals surface area contributed by atoms with E-state index in [1.165, 1.54) is 0 Å². The summed E-state index contributed by atoms with van der Waals surface area (Å²) in [5.41, 5.74) is 5.43. The second-order valence-electron chi connectivity index (χ2n) is 6.95. The van der Waals surface area contributed by atoms with E-state index < -0.39 is 5.54 Å². The van der Waals surface area contributed by atoms with Gasteiger partial charge in [-0.2, -0.15) is 0 Å². The third-order valence-corrected chi connectivity index (χ3v) is 3.94. The largest absolute Gasteiger partial charge is 0.326 e. The fourth-order valence-electron chi connectivity index (χ4n) is 2.81. The zero-order valence-electron chi connectivity index (χ0n) is 12.9. The van der Waals surface area contributed by atoms with E-state index in [2.05, 4.69) is 26.1 Å². The predicted octanol–water partition coefficient (Wildman–Crippen LogP) is 0.875. The number of piperazine rings is 1. The van der Waals surface area contributed by atoms with E-state index in [4.69, 9.17) is 5.73 Å². The quantitative estimate of drug-likeness (QED) is 0.746. The number of amides is 2. The Kier molecular flexibility index (Phi) is 4.42. The summed E-state index contributed by atoms with van der Waals surface area (Å²) in [6.07, 6.45) is 0.810. The number of nitrogens with zero attached hydrogens (tertiary/aromatic N) is 1. The van der Waals surface area contributed by atoms with E-state index in [0.29, 0.717) is 0 Å². The topological polar surface area (TPSA) is 75.4 Å². The zero-order valence-corrected chi connectivity index (χ0v) is 12.9. The first-order chi connectivity index (χ1) is 8.51. The van der Waals surface area contributed by atoms with Gasteiger partial charge in [-0.05, 0) is 25.7 Å². The molecule has 1 saturated heterocycles. The molecule has 0 bridgehead atoms. The summed E-state index contributed by atoms with van der Waals surface area (Å²) in [6.45, 7) is 12.2. The van der Waals surface area contributed by atoms with Gasteiger partial charge >= 0.3 is 0 Å². The molecule has 0 aliphatic carbocycles. The standard InChI is InChI=1S/C14H27N3O2/c1-7-9(15)11(13(2,3)4)17-8-10(18)16-12(19)14(17,5)6/h9,11H,7-8,15H2,1-6H3,(H,16,18,19). The highest BCUT2D eigenvalue weighted by molar-refractivity contribution is 6.03. The van der Waals surface area contributed by atoms with Gasteiger partial charge in [-0.15, -0.1) is 0 Å². The second kappa shape index (κ2) is 5.21. The van der Waals surface area contributed by atoms with Crippen molar-refractivity contribution in [3.8, 4) is 0 Å². The lowest BCUT2D eigenvalue weighted by Crippen LogP contribution is -2.71. The van der Waals surface area contributed by atoms with Gasteiger partial charge in [-0.3, -0.25) is 19.8 Å². The van der Waals surface area contributed by atoms with Crippen LogP contribution < -0.4 is 11.1 Å². The lowest BCUT2D eigenvalue weighted by Gasteiger charge is -2.51. The Morgan fingerprint density at radius 3 is 2.32 bits per heavy atom. The molecule has 19 heavy (non-hydrogen) atoms. The van der Waals surface area contributed by atoms with Crippen molar-refractivity contribution >= 4 is 11.8 Å². The maximum Gasteiger partial charge on any atom is 0.246 e. The van der Waals surface area contributed by atoms with Crippen molar-refractivity contribution in [1.29, 1.82) is 0 Å². The molecule has 2 atom stereocenters. The third kappa shape index (κ3) is 3.15. The van der Waals surface area contributed by atoms with Gasteiger partial charge in [0.05, 0.1) is 12.1 Å². The Balaban J connectivity index is 3.19. The molecule has 0 aromatic heterocycles. The van der Waals surface area contributed by atoms with Crippen molar-refractivity contribution in [3.63, 3.8) is 0 Å². The molecule has 0 spiro atoms. The lowest BCUT2D eigenvalue weighted by atomic mass is 9.77. The Morgan fingerprint density at radius 1 is 1.37 bits per heavy atom. The van der Waals surface area contributed by atoms with Crippen molar-refractivity contribution in [2.45, 2.75) is 65.6 Å². The highest BCUT2D eigenvalue weighted by atomic mass is 16.2. The predicted molar refractivity (Wildman–Crippen MR) is 75.4 cm³/mol. The summed E-state index contributed by atoms with van der Waals surface area (Å²) in [4.78, 5) is 25.7. The molecule has 1 heterocycles. The van der Waals surface area contributed by atoms with Crippen LogP contribution in [0.3, 0.4) is 0 Å². The summed E-state index contributed by atoms with van der Waals surface area (Å²) >= 11 is 0. The maximum atomic E-state index is 12.1. The Bertz CT molecular complexity index is 371. The van der Waals surface area contributed by atoms with Gasteiger partial charge in [0.2, 0.25) is 11.8 Å². The Hall–Kier alpha value is -0.940. The molecule has 0 radical (unpaired) electrons. The summed E-state index contributed by atoms with van der Waals surface area (Å²) < 4.78 is 0. The number of nitrogens with two attached hydrogens (primary N) is 1. The van der Waals surface area contributed by atoms with E-state index >= 15 is 0 Å². The van der Waals surface area contributed by atoms with Crippen LogP contribution in [0.25, 0.3) is 0 Å². The highest BCUT2D eigenvalue weighted by Gasteiger charge is 2.48. The minimum atomic E-state index is -0.724. The van der Waals surface area contributed by atoms with Crippen LogP contribution in [0.1, 0.15) is 48.0 Å². The molecule has 3 N–H and O–H groups in total. The summed E-state index contributed by atoms with van der Waals surface area (Å²) in [6, 6.07) is -0.0968. The van der Waals surface area contributed by atoms with Crippen LogP contribution in [0.5, 0.6) is 0 Å². The number of hydrogen-bond acceptors (Lipinski definition) is 4. The normalized spacial score (nSPS) is 23.9. The molecule has 5 heteroatoms. The van der Waals surface area contributed by atoms with Crippen LogP contribution in [-0.4, -0.2) is 40.9 Å². The molecule has 0 aromatic rings. The number of rotatable bonds is 3. The monoisotopic (exact) mass is 269 g/mol. The number of hydrogen-bond donors (Lipinski definition) is 2. The van der Waals surface area contributed by atoms with Crippen molar-refractivity contribution in [3.05, 3.63) is 0 Å². The van der Waals surface area contributed by atoms with Crippen LogP contribution in [-0.2, 0) is 9.59 Å². The van der Waals surface area contributed by atoms with Crippen molar-refractivity contribution in [1.82, 2.24) is 10.2 Å². The van der Waals surface area contributed by atoms with E-state index in [1.54, 1.807) is 0 Å². The van der Waals surface area contributed by atoms with Crippen molar-refractivity contribution in [2.24, 2.45) is 11.1 Å². The van der Waals surface area contributed by atoms with Gasteiger partial charge in [-0.25, -0.2) is 0 Å². The molecule has 1 fully saturated rings. The summed E-state index contributed by atoms with van der Waals surface area (Å²) in [7, 11) is 0. The van der Waals surface area contributed by atoms with Crippen molar-refractivity contribution in [2.75, 3.05) is 6.54 Å². The number of carbonyl (C=O) groups excluding carboxylic acids is 2. The Labute approximate surface area is 115 Å². The fraction of sp³-hybridized carbons (Fsp3) is 0.857. The van der Waals surface area contributed by atoms with E-state index in [-0.39, 0.29) is 35.9 Å². The first-order valence-electron chi connectivity index (χ1n) is 6.88. The molecule has 5 nitrogen and oxygen atoms in total. The lowest BCUT2D eigenvalue weighted by molar-refractivity contribution is -0.150. The Morgan fingerprint density at radius 2 is 1.89 bits per heavy atom. The highest BCUT2D eigenvalue weighted by Crippen LogP contribution is 2.33. The average Bonchev–Trinajstić information content (AvgIpc) is 2.23. The van der Waals surface area contributed by atoms with Crippen LogP contribution >= 0.6 is 0 Å². The number of nitrogens with one attached hydrogen (secondary N) is 1. The molecule has 2 amide bonds. The average molecular weight is 269 g/mol. The minimum absolute atomic E-state index is 0.0255. The van der Waals surface area contributed by atoms with Gasteiger partial charge in [0.25, 0.3) is 0 Å². The van der Waals surface area contributed by atoms with Crippen LogP contribution in [0.2, 0.25) is 0 Å². The van der Waals surface area contributed by atoms with E-state index in [1.807, 2.05) is 25.7 Å². The van der Waals surface area contributed by atoms with Gasteiger partial charge in [-0.1, -0.05) is 27.7 Å². The zero-order chi connectivity index (χ0) is 15.0. The second-order valence-corrected chi connectivity index (χ2v) is 6.95. The molecule has 1 rings (SSSR count).